The molecule has 1 aromatic carbocycles. The van der Waals surface area contributed by atoms with Crippen molar-refractivity contribution < 1.29 is 9.13 Å². The lowest BCUT2D eigenvalue weighted by atomic mass is 10.2. The van der Waals surface area contributed by atoms with Gasteiger partial charge in [-0.15, -0.1) is 0 Å². The fraction of sp³-hybridized carbons (Fsp3) is 0.312. The molecule has 1 heterocycles. The molecule has 0 bridgehead atoms. The van der Waals surface area contributed by atoms with E-state index in [2.05, 4.69) is 15.9 Å². The number of pyridine rings is 1. The molecule has 0 saturated heterocycles. The van der Waals surface area contributed by atoms with Gasteiger partial charge in [0, 0.05) is 12.7 Å². The maximum Gasteiger partial charge on any atom is 0.268 e. The zero-order chi connectivity index (χ0) is 14.8. The number of nitrogens with zero attached hydrogens (tertiary/aromatic N) is 1. The van der Waals surface area contributed by atoms with Crippen molar-refractivity contribution in [1.29, 1.82) is 0 Å². The number of hydrogen-bond donors (Lipinski definition) is 0. The Morgan fingerprint density at radius 2 is 1.95 bits per heavy atom. The van der Waals surface area contributed by atoms with Gasteiger partial charge in [-0.2, -0.15) is 0 Å². The van der Waals surface area contributed by atoms with Crippen LogP contribution in [-0.4, -0.2) is 4.57 Å². The van der Waals surface area contributed by atoms with Gasteiger partial charge in [0.25, 0.3) is 5.56 Å². The zero-order valence-electron chi connectivity index (χ0n) is 11.4. The molecule has 0 spiro atoms. The predicted octanol–water partition coefficient (Wildman–Crippen LogP) is 3.74. The molecule has 3 nitrogen and oxygen atoms in total. The van der Waals surface area contributed by atoms with Gasteiger partial charge in [-0.25, -0.2) is 4.39 Å². The summed E-state index contributed by atoms with van der Waals surface area (Å²) in [5, 5.41) is 0. The highest BCUT2D eigenvalue weighted by Gasteiger charge is 2.22. The molecule has 1 aliphatic rings. The van der Waals surface area contributed by atoms with Crippen molar-refractivity contribution in [3.8, 4) is 5.75 Å². The SMILES string of the molecule is O=c1c(Br)c(OCc2ccc(F)cc2)ccn1CC1CC1. The van der Waals surface area contributed by atoms with Crippen molar-refractivity contribution >= 4 is 15.9 Å². The minimum absolute atomic E-state index is 0.0708. The maximum atomic E-state index is 12.8. The van der Waals surface area contributed by atoms with Crippen molar-refractivity contribution in [2.75, 3.05) is 0 Å². The summed E-state index contributed by atoms with van der Waals surface area (Å²) in [7, 11) is 0. The van der Waals surface area contributed by atoms with E-state index in [0.29, 0.717) is 22.7 Å². The lowest BCUT2D eigenvalue weighted by molar-refractivity contribution is 0.302. The van der Waals surface area contributed by atoms with E-state index in [0.717, 1.165) is 12.1 Å². The molecule has 0 atom stereocenters. The van der Waals surface area contributed by atoms with Crippen LogP contribution in [0.15, 0.2) is 45.8 Å². The van der Waals surface area contributed by atoms with Gasteiger partial charge in [-0.1, -0.05) is 12.1 Å². The highest BCUT2D eigenvalue weighted by atomic mass is 79.9. The Morgan fingerprint density at radius 1 is 1.24 bits per heavy atom. The molecule has 1 saturated carbocycles. The number of halogens is 2. The zero-order valence-corrected chi connectivity index (χ0v) is 13.0. The van der Waals surface area contributed by atoms with Gasteiger partial charge in [0.2, 0.25) is 0 Å². The Labute approximate surface area is 130 Å². The fourth-order valence-corrected chi connectivity index (χ4v) is 2.58. The van der Waals surface area contributed by atoms with E-state index in [9.17, 15) is 9.18 Å². The first-order chi connectivity index (χ1) is 10.1. The second-order valence-corrected chi connectivity index (χ2v) is 6.10. The summed E-state index contributed by atoms with van der Waals surface area (Å²) in [4.78, 5) is 12.2. The first-order valence-electron chi connectivity index (χ1n) is 6.89. The van der Waals surface area contributed by atoms with Crippen LogP contribution in [0.3, 0.4) is 0 Å². The summed E-state index contributed by atoms with van der Waals surface area (Å²) < 4.78 is 20.6. The molecule has 1 aliphatic carbocycles. The second-order valence-electron chi connectivity index (χ2n) is 5.31. The van der Waals surface area contributed by atoms with Crippen molar-refractivity contribution in [2.45, 2.75) is 26.0 Å². The Bertz CT molecular complexity index is 692. The van der Waals surface area contributed by atoms with Gasteiger partial charge in [0.15, 0.2) is 0 Å². The number of rotatable bonds is 5. The standard InChI is InChI=1S/C16H15BrFNO2/c17-15-14(21-10-12-3-5-13(18)6-4-12)7-8-19(16(15)20)9-11-1-2-11/h3-8,11H,1-2,9-10H2. The molecule has 0 radical (unpaired) electrons. The first-order valence-corrected chi connectivity index (χ1v) is 7.69. The lowest BCUT2D eigenvalue weighted by Gasteiger charge is -2.11. The third-order valence-electron chi connectivity index (χ3n) is 3.53. The van der Waals surface area contributed by atoms with Crippen molar-refractivity contribution in [3.05, 3.63) is 62.7 Å². The molecule has 0 aliphatic heterocycles. The van der Waals surface area contributed by atoms with E-state index in [1.165, 1.54) is 25.0 Å². The normalized spacial score (nSPS) is 14.2. The molecular formula is C16H15BrFNO2. The summed E-state index contributed by atoms with van der Waals surface area (Å²) in [6.45, 7) is 1.07. The van der Waals surface area contributed by atoms with Crippen LogP contribution in [0.4, 0.5) is 4.39 Å². The van der Waals surface area contributed by atoms with Crippen LogP contribution in [0.25, 0.3) is 0 Å². The van der Waals surface area contributed by atoms with Gasteiger partial charge in [0.05, 0.1) is 0 Å². The quantitative estimate of drug-likeness (QED) is 0.821. The Kier molecular flexibility index (Phi) is 4.10. The first kappa shape index (κ1) is 14.3. The van der Waals surface area contributed by atoms with Crippen molar-refractivity contribution in [2.24, 2.45) is 5.92 Å². The second kappa shape index (κ2) is 6.02. The average Bonchev–Trinajstić information content (AvgIpc) is 3.29. The molecule has 0 amide bonds. The van der Waals surface area contributed by atoms with Gasteiger partial charge in [0.1, 0.15) is 22.6 Å². The van der Waals surface area contributed by atoms with Crippen molar-refractivity contribution in [3.63, 3.8) is 0 Å². The highest BCUT2D eigenvalue weighted by molar-refractivity contribution is 9.10. The summed E-state index contributed by atoms with van der Waals surface area (Å²) >= 11 is 3.31. The summed E-state index contributed by atoms with van der Waals surface area (Å²) in [6, 6.07) is 7.90. The minimum Gasteiger partial charge on any atom is -0.487 e. The largest absolute Gasteiger partial charge is 0.487 e. The third-order valence-corrected chi connectivity index (χ3v) is 4.26. The summed E-state index contributed by atoms with van der Waals surface area (Å²) in [5.41, 5.74) is 0.781. The summed E-state index contributed by atoms with van der Waals surface area (Å²) in [6.07, 6.45) is 4.17. The average molecular weight is 352 g/mol. The fourth-order valence-electron chi connectivity index (χ4n) is 2.11. The Morgan fingerprint density at radius 3 is 2.62 bits per heavy atom. The molecule has 0 N–H and O–H groups in total. The third kappa shape index (κ3) is 3.53. The monoisotopic (exact) mass is 351 g/mol. The van der Waals surface area contributed by atoms with Crippen LogP contribution in [0, 0.1) is 11.7 Å². The van der Waals surface area contributed by atoms with Crippen LogP contribution < -0.4 is 10.3 Å². The number of hydrogen-bond acceptors (Lipinski definition) is 2. The van der Waals surface area contributed by atoms with Crippen LogP contribution in [0.2, 0.25) is 0 Å². The molecule has 1 aromatic heterocycles. The van der Waals surface area contributed by atoms with E-state index in [4.69, 9.17) is 4.74 Å². The molecule has 21 heavy (non-hydrogen) atoms. The molecule has 3 rings (SSSR count). The molecule has 2 aromatic rings. The number of aromatic nitrogens is 1. The van der Waals surface area contributed by atoms with E-state index < -0.39 is 0 Å². The van der Waals surface area contributed by atoms with Crippen LogP contribution in [-0.2, 0) is 13.2 Å². The Hall–Kier alpha value is -1.62. The highest BCUT2D eigenvalue weighted by Crippen LogP contribution is 2.30. The molecule has 0 unspecified atom stereocenters. The lowest BCUT2D eigenvalue weighted by Crippen LogP contribution is -2.21. The van der Waals surface area contributed by atoms with Crippen LogP contribution in [0.5, 0.6) is 5.75 Å². The van der Waals surface area contributed by atoms with Crippen LogP contribution >= 0.6 is 15.9 Å². The van der Waals surface area contributed by atoms with E-state index in [1.54, 1.807) is 29.0 Å². The topological polar surface area (TPSA) is 31.2 Å². The predicted molar refractivity (Wildman–Crippen MR) is 81.9 cm³/mol. The maximum absolute atomic E-state index is 12.8. The van der Waals surface area contributed by atoms with Gasteiger partial charge in [-0.3, -0.25) is 4.79 Å². The van der Waals surface area contributed by atoms with Crippen molar-refractivity contribution in [1.82, 2.24) is 4.57 Å². The smallest absolute Gasteiger partial charge is 0.268 e. The molecule has 110 valence electrons. The van der Waals surface area contributed by atoms with Gasteiger partial charge in [-0.05, 0) is 58.5 Å². The van der Waals surface area contributed by atoms with Gasteiger partial charge >= 0.3 is 0 Å². The Balaban J connectivity index is 1.71. The van der Waals surface area contributed by atoms with E-state index in [1.807, 2.05) is 0 Å². The minimum atomic E-state index is -0.275. The van der Waals surface area contributed by atoms with E-state index in [-0.39, 0.29) is 11.4 Å². The molecule has 5 heteroatoms. The van der Waals surface area contributed by atoms with Gasteiger partial charge < -0.3 is 9.30 Å². The molecule has 1 fully saturated rings. The van der Waals surface area contributed by atoms with E-state index >= 15 is 0 Å². The number of benzene rings is 1. The molecular weight excluding hydrogens is 337 g/mol. The summed E-state index contributed by atoms with van der Waals surface area (Å²) in [5.74, 6) is 0.875. The van der Waals surface area contributed by atoms with Crippen LogP contribution in [0.1, 0.15) is 18.4 Å². The number of ether oxygens (including phenoxy) is 1.